The zero-order valence-electron chi connectivity index (χ0n) is 26.8. The number of halogens is 2. The maximum absolute atomic E-state index is 15.6. The van der Waals surface area contributed by atoms with Gasteiger partial charge in [-0.2, -0.15) is 14.9 Å². The van der Waals surface area contributed by atoms with Crippen molar-refractivity contribution in [3.05, 3.63) is 124 Å². The molecule has 1 amide bonds. The quantitative estimate of drug-likeness (QED) is 0.172. The van der Waals surface area contributed by atoms with Crippen molar-refractivity contribution in [2.75, 3.05) is 25.5 Å². The number of rotatable bonds is 10. The molecular formula is C36H31F2N7O4S. The van der Waals surface area contributed by atoms with Gasteiger partial charge in [0.25, 0.3) is 11.5 Å². The van der Waals surface area contributed by atoms with Gasteiger partial charge < -0.3 is 20.1 Å². The predicted molar refractivity (Wildman–Crippen MR) is 186 cm³/mol. The number of ether oxygens (including phenoxy) is 2. The van der Waals surface area contributed by atoms with E-state index in [1.807, 2.05) is 28.9 Å². The summed E-state index contributed by atoms with van der Waals surface area (Å²) in [5.74, 6) is -0.898. The van der Waals surface area contributed by atoms with Crippen molar-refractivity contribution in [3.63, 3.8) is 0 Å². The number of thioether (sulfide) groups is 1. The number of aromatic nitrogens is 5. The van der Waals surface area contributed by atoms with Crippen LogP contribution in [0.15, 0.2) is 101 Å². The van der Waals surface area contributed by atoms with Gasteiger partial charge in [0.15, 0.2) is 17.2 Å². The van der Waals surface area contributed by atoms with Crippen LogP contribution in [0.3, 0.4) is 0 Å². The fourth-order valence-electron chi connectivity index (χ4n) is 5.62. The minimum Gasteiger partial charge on any atom is -0.497 e. The number of hydrogen-bond donors (Lipinski definition) is 2. The van der Waals surface area contributed by atoms with Gasteiger partial charge in [0.1, 0.15) is 27.9 Å². The van der Waals surface area contributed by atoms with E-state index in [-0.39, 0.29) is 22.7 Å². The highest BCUT2D eigenvalue weighted by molar-refractivity contribution is 8.00. The number of methoxy groups -OCH3 is 1. The molecule has 11 nitrogen and oxygen atoms in total. The molecule has 1 saturated heterocycles. The lowest BCUT2D eigenvalue weighted by Crippen LogP contribution is -2.29. The fraction of sp³-hybridized carbons (Fsp3) is 0.194. The van der Waals surface area contributed by atoms with Gasteiger partial charge in [-0.25, -0.2) is 18.4 Å². The van der Waals surface area contributed by atoms with Crippen LogP contribution in [0.5, 0.6) is 17.2 Å². The Hall–Kier alpha value is -5.60. The number of hydrogen-bond acceptors (Lipinski definition) is 9. The maximum atomic E-state index is 15.6. The van der Waals surface area contributed by atoms with E-state index >= 15 is 4.39 Å². The lowest BCUT2D eigenvalue weighted by atomic mass is 10.2. The van der Waals surface area contributed by atoms with E-state index in [9.17, 15) is 14.0 Å². The molecule has 0 spiro atoms. The standard InChI is InChI=1S/C36H31F2N7O4S/c1-48-26-9-2-22(3-10-26)21-44-33-32(35(43-44)50-27-12-16-39-17-13-27)31(15-18-40-33)49-30-11-6-24(20-29(30)38)42-34(46)28-14-19-41-45(36(28)47)25-7-4-23(37)5-8-25/h2-11,14-15,18-20,27,39H,12-13,16-17,21H2,1H3,(H,42,46). The van der Waals surface area contributed by atoms with E-state index in [2.05, 4.69) is 20.7 Å². The molecule has 50 heavy (non-hydrogen) atoms. The summed E-state index contributed by atoms with van der Waals surface area (Å²) in [5, 5.41) is 16.7. The average molecular weight is 696 g/mol. The molecule has 4 heterocycles. The highest BCUT2D eigenvalue weighted by Gasteiger charge is 2.23. The van der Waals surface area contributed by atoms with Crippen LogP contribution in [-0.4, -0.2) is 55.9 Å². The summed E-state index contributed by atoms with van der Waals surface area (Å²) < 4.78 is 43.2. The van der Waals surface area contributed by atoms with Crippen molar-refractivity contribution < 1.29 is 23.0 Å². The topological polar surface area (TPSA) is 125 Å². The SMILES string of the molecule is COc1ccc(Cn2nc(SC3CCNCC3)c3c(Oc4ccc(NC(=O)c5ccnn(-c6ccc(F)cc6)c5=O)cc4F)ccnc32)cc1. The summed E-state index contributed by atoms with van der Waals surface area (Å²) in [5.41, 5.74) is 1.06. The minimum atomic E-state index is -0.763. The molecule has 3 aromatic carbocycles. The van der Waals surface area contributed by atoms with Gasteiger partial charge >= 0.3 is 0 Å². The number of piperidine rings is 1. The number of nitrogens with zero attached hydrogens (tertiary/aromatic N) is 5. The Bertz CT molecular complexity index is 2220. The van der Waals surface area contributed by atoms with E-state index in [0.29, 0.717) is 28.6 Å². The molecule has 0 atom stereocenters. The third-order valence-corrected chi connectivity index (χ3v) is 9.50. The lowest BCUT2D eigenvalue weighted by molar-refractivity contribution is 0.102. The second kappa shape index (κ2) is 14.5. The summed E-state index contributed by atoms with van der Waals surface area (Å²) in [6.07, 6.45) is 4.84. The zero-order chi connectivity index (χ0) is 34.6. The predicted octanol–water partition coefficient (Wildman–Crippen LogP) is 6.20. The molecule has 3 aromatic heterocycles. The first kappa shape index (κ1) is 32.9. The fourth-order valence-corrected chi connectivity index (χ4v) is 6.86. The average Bonchev–Trinajstić information content (AvgIpc) is 3.47. The largest absolute Gasteiger partial charge is 0.497 e. The van der Waals surface area contributed by atoms with Crippen molar-refractivity contribution in [3.8, 4) is 22.9 Å². The zero-order valence-corrected chi connectivity index (χ0v) is 27.6. The van der Waals surface area contributed by atoms with Gasteiger partial charge in [0.2, 0.25) is 0 Å². The number of nitrogens with one attached hydrogen (secondary N) is 2. The minimum absolute atomic E-state index is 0.0706. The van der Waals surface area contributed by atoms with Crippen LogP contribution in [0.1, 0.15) is 28.8 Å². The van der Waals surface area contributed by atoms with Crippen molar-refractivity contribution >= 4 is 34.4 Å². The van der Waals surface area contributed by atoms with Gasteiger partial charge in [-0.1, -0.05) is 12.1 Å². The van der Waals surface area contributed by atoms with Gasteiger partial charge in [0.05, 0.1) is 24.7 Å². The molecule has 0 aliphatic carbocycles. The molecule has 0 bridgehead atoms. The number of benzene rings is 3. The number of pyridine rings is 1. The summed E-state index contributed by atoms with van der Waals surface area (Å²) in [4.78, 5) is 30.8. The van der Waals surface area contributed by atoms with Crippen LogP contribution in [0.4, 0.5) is 14.5 Å². The van der Waals surface area contributed by atoms with Crippen molar-refractivity contribution in [1.29, 1.82) is 0 Å². The summed E-state index contributed by atoms with van der Waals surface area (Å²) in [7, 11) is 1.62. The molecular weight excluding hydrogens is 665 g/mol. The van der Waals surface area contributed by atoms with E-state index in [0.717, 1.165) is 53.0 Å². The Morgan fingerprint density at radius 1 is 0.980 bits per heavy atom. The van der Waals surface area contributed by atoms with Crippen LogP contribution >= 0.6 is 11.8 Å². The number of carbonyl (C=O) groups is 1. The number of amides is 1. The van der Waals surface area contributed by atoms with Crippen LogP contribution in [0.2, 0.25) is 0 Å². The first-order valence-corrected chi connectivity index (χ1v) is 16.7. The third kappa shape index (κ3) is 7.07. The van der Waals surface area contributed by atoms with Crippen LogP contribution in [0, 0.1) is 11.6 Å². The van der Waals surface area contributed by atoms with E-state index in [1.54, 1.807) is 31.1 Å². The molecule has 0 unspecified atom stereocenters. The van der Waals surface area contributed by atoms with Crippen molar-refractivity contribution in [1.82, 2.24) is 29.9 Å². The Balaban J connectivity index is 1.15. The monoisotopic (exact) mass is 695 g/mol. The van der Waals surface area contributed by atoms with Crippen LogP contribution in [0.25, 0.3) is 16.7 Å². The molecule has 1 aliphatic rings. The molecule has 0 radical (unpaired) electrons. The van der Waals surface area contributed by atoms with Crippen molar-refractivity contribution in [2.45, 2.75) is 29.7 Å². The summed E-state index contributed by atoms with van der Waals surface area (Å²) in [6, 6.07) is 19.8. The Labute approximate surface area is 289 Å². The lowest BCUT2D eigenvalue weighted by Gasteiger charge is -2.21. The summed E-state index contributed by atoms with van der Waals surface area (Å²) in [6.45, 7) is 2.30. The van der Waals surface area contributed by atoms with Gasteiger partial charge in [-0.3, -0.25) is 9.59 Å². The molecule has 7 rings (SSSR count). The van der Waals surface area contributed by atoms with Gasteiger partial charge in [-0.05, 0) is 86.1 Å². The Morgan fingerprint density at radius 3 is 2.50 bits per heavy atom. The molecule has 254 valence electrons. The number of carbonyl (C=O) groups excluding carboxylic acids is 1. The van der Waals surface area contributed by atoms with Crippen LogP contribution < -0.4 is 25.7 Å². The number of anilines is 1. The summed E-state index contributed by atoms with van der Waals surface area (Å²) >= 11 is 1.67. The highest BCUT2D eigenvalue weighted by Crippen LogP contribution is 2.40. The first-order chi connectivity index (χ1) is 24.4. The molecule has 1 aliphatic heterocycles. The molecule has 0 saturated carbocycles. The van der Waals surface area contributed by atoms with Crippen LogP contribution in [-0.2, 0) is 6.54 Å². The Morgan fingerprint density at radius 2 is 1.76 bits per heavy atom. The Kier molecular flexibility index (Phi) is 9.54. The molecule has 2 N–H and O–H groups in total. The van der Waals surface area contributed by atoms with E-state index in [4.69, 9.17) is 14.6 Å². The smallest absolute Gasteiger partial charge is 0.284 e. The van der Waals surface area contributed by atoms with E-state index in [1.165, 1.54) is 48.7 Å². The maximum Gasteiger partial charge on any atom is 0.284 e. The molecule has 6 aromatic rings. The second-order valence-corrected chi connectivity index (χ2v) is 12.8. The molecule has 1 fully saturated rings. The van der Waals surface area contributed by atoms with Gasteiger partial charge in [-0.15, -0.1) is 11.8 Å². The molecule has 14 heteroatoms. The highest BCUT2D eigenvalue weighted by atomic mass is 32.2. The van der Waals surface area contributed by atoms with E-state index < -0.39 is 23.1 Å². The van der Waals surface area contributed by atoms with Crippen molar-refractivity contribution in [2.24, 2.45) is 0 Å². The number of fused-ring (bicyclic) bond motifs is 1. The first-order valence-electron chi connectivity index (χ1n) is 15.8. The second-order valence-electron chi connectivity index (χ2n) is 11.5. The normalized spacial score (nSPS) is 13.3. The van der Waals surface area contributed by atoms with Gasteiger partial charge in [0, 0.05) is 35.5 Å². The third-order valence-electron chi connectivity index (χ3n) is 8.19.